The maximum atomic E-state index is 13.1. The van der Waals surface area contributed by atoms with Crippen LogP contribution in [0.2, 0.25) is 0 Å². The molecule has 1 aromatic heterocycles. The number of nitrogens with two attached hydrogens (primary N) is 1. The van der Waals surface area contributed by atoms with E-state index in [1.165, 1.54) is 30.1 Å². The Hall–Kier alpha value is -1.49. The van der Waals surface area contributed by atoms with Crippen molar-refractivity contribution < 1.29 is 8.91 Å². The molecular weight excluding hydrogens is 215 g/mol. The lowest BCUT2D eigenvalue weighted by molar-refractivity contribution is 0.436. The minimum absolute atomic E-state index is 0.205. The van der Waals surface area contributed by atoms with Gasteiger partial charge in [0, 0.05) is 10.5 Å². The summed E-state index contributed by atoms with van der Waals surface area (Å²) in [7, 11) is 0. The number of nitrogens with zero attached hydrogens (tertiary/aromatic N) is 1. The molecule has 2 N–H and O–H groups in total. The smallest absolute Gasteiger partial charge is 0.229 e. The number of anilines is 1. The predicted molar refractivity (Wildman–Crippen MR) is 58.1 cm³/mol. The summed E-state index contributed by atoms with van der Waals surface area (Å²) in [6, 6.07) is 4.55. The Kier molecular flexibility index (Phi) is 2.64. The summed E-state index contributed by atoms with van der Waals surface area (Å²) in [4.78, 5) is 0.936. The van der Waals surface area contributed by atoms with E-state index in [1.807, 2.05) is 6.26 Å². The van der Waals surface area contributed by atoms with E-state index >= 15 is 0 Å². The maximum Gasteiger partial charge on any atom is 0.229 e. The Labute approximate surface area is 90.4 Å². The number of halogens is 1. The summed E-state index contributed by atoms with van der Waals surface area (Å²) in [5.74, 6) is -0.0979. The zero-order valence-electron chi connectivity index (χ0n) is 8.03. The highest BCUT2D eigenvalue weighted by Gasteiger charge is 2.12. The first-order chi connectivity index (χ1) is 7.22. The van der Waals surface area contributed by atoms with Gasteiger partial charge in [0.1, 0.15) is 5.82 Å². The lowest BCUT2D eigenvalue weighted by atomic mass is 10.1. The second-order valence-electron chi connectivity index (χ2n) is 2.95. The maximum absolute atomic E-state index is 13.1. The lowest BCUT2D eigenvalue weighted by Crippen LogP contribution is -1.88. The minimum Gasteiger partial charge on any atom is -0.367 e. The first-order valence-electron chi connectivity index (χ1n) is 4.26. The molecule has 0 fully saturated rings. The summed E-state index contributed by atoms with van der Waals surface area (Å²) in [5, 5.41) is 3.57. The van der Waals surface area contributed by atoms with Gasteiger partial charge < -0.3 is 10.3 Å². The highest BCUT2D eigenvalue weighted by Crippen LogP contribution is 2.33. The highest BCUT2D eigenvalue weighted by atomic mass is 32.2. The molecule has 0 aliphatic carbocycles. The molecule has 0 amide bonds. The average Bonchev–Trinajstić information content (AvgIpc) is 2.64. The Morgan fingerprint density at radius 1 is 1.40 bits per heavy atom. The van der Waals surface area contributed by atoms with Gasteiger partial charge in [0.05, 0.1) is 11.8 Å². The average molecular weight is 224 g/mol. The monoisotopic (exact) mass is 224 g/mol. The second kappa shape index (κ2) is 3.94. The first kappa shape index (κ1) is 10.0. The molecule has 0 atom stereocenters. The number of aromatic nitrogens is 1. The predicted octanol–water partition coefficient (Wildman–Crippen LogP) is 2.78. The van der Waals surface area contributed by atoms with Crippen LogP contribution in [0.1, 0.15) is 0 Å². The van der Waals surface area contributed by atoms with E-state index in [0.29, 0.717) is 11.1 Å². The zero-order chi connectivity index (χ0) is 10.8. The van der Waals surface area contributed by atoms with Gasteiger partial charge in [0.15, 0.2) is 0 Å². The van der Waals surface area contributed by atoms with Crippen molar-refractivity contribution in [3.05, 3.63) is 30.2 Å². The molecule has 0 saturated heterocycles. The first-order valence-corrected chi connectivity index (χ1v) is 5.49. The van der Waals surface area contributed by atoms with Crippen LogP contribution in [0.3, 0.4) is 0 Å². The van der Waals surface area contributed by atoms with Crippen molar-refractivity contribution in [3.8, 4) is 11.1 Å². The fraction of sp³-hybridized carbons (Fsp3) is 0.100. The van der Waals surface area contributed by atoms with Crippen molar-refractivity contribution in [1.29, 1.82) is 0 Å². The summed E-state index contributed by atoms with van der Waals surface area (Å²) in [6.45, 7) is 0. The van der Waals surface area contributed by atoms with Gasteiger partial charge in [-0.15, -0.1) is 11.8 Å². The van der Waals surface area contributed by atoms with E-state index in [2.05, 4.69) is 5.16 Å². The molecule has 1 aromatic carbocycles. The van der Waals surface area contributed by atoms with Crippen LogP contribution in [0.4, 0.5) is 10.3 Å². The van der Waals surface area contributed by atoms with E-state index in [-0.39, 0.29) is 11.7 Å². The Bertz CT molecular complexity index is 484. The summed E-state index contributed by atoms with van der Waals surface area (Å²) in [6.07, 6.45) is 3.41. The van der Waals surface area contributed by atoms with Gasteiger partial charge in [-0.05, 0) is 24.5 Å². The number of hydrogen-bond acceptors (Lipinski definition) is 4. The molecule has 15 heavy (non-hydrogen) atoms. The van der Waals surface area contributed by atoms with Gasteiger partial charge >= 0.3 is 0 Å². The van der Waals surface area contributed by atoms with E-state index in [1.54, 1.807) is 6.07 Å². The van der Waals surface area contributed by atoms with E-state index in [0.717, 1.165) is 4.90 Å². The Morgan fingerprint density at radius 2 is 2.20 bits per heavy atom. The SMILES string of the molecule is CSc1ccc(F)cc1-c1cnoc1N. The molecule has 0 aliphatic rings. The standard InChI is InChI=1S/C10H9FN2OS/c1-15-9-3-2-6(11)4-7(9)8-5-13-14-10(8)12/h2-5H,12H2,1H3. The van der Waals surface area contributed by atoms with Crippen molar-refractivity contribution in [2.45, 2.75) is 4.90 Å². The van der Waals surface area contributed by atoms with Crippen LogP contribution in [-0.2, 0) is 0 Å². The largest absolute Gasteiger partial charge is 0.367 e. The third-order valence-electron chi connectivity index (χ3n) is 2.05. The second-order valence-corrected chi connectivity index (χ2v) is 3.80. The van der Waals surface area contributed by atoms with Gasteiger partial charge in [0.25, 0.3) is 0 Å². The molecule has 0 spiro atoms. The summed E-state index contributed by atoms with van der Waals surface area (Å²) >= 11 is 1.52. The molecule has 2 rings (SSSR count). The van der Waals surface area contributed by atoms with Crippen LogP contribution >= 0.6 is 11.8 Å². The molecule has 1 heterocycles. The molecular formula is C10H9FN2OS. The fourth-order valence-electron chi connectivity index (χ4n) is 1.34. The van der Waals surface area contributed by atoms with Crippen molar-refractivity contribution in [2.24, 2.45) is 0 Å². The molecule has 3 nitrogen and oxygen atoms in total. The van der Waals surface area contributed by atoms with Crippen molar-refractivity contribution >= 4 is 17.6 Å². The fourth-order valence-corrected chi connectivity index (χ4v) is 1.93. The molecule has 5 heteroatoms. The zero-order valence-corrected chi connectivity index (χ0v) is 8.84. The molecule has 0 saturated carbocycles. The molecule has 0 aliphatic heterocycles. The Morgan fingerprint density at radius 3 is 2.80 bits per heavy atom. The van der Waals surface area contributed by atoms with Crippen molar-refractivity contribution in [1.82, 2.24) is 5.16 Å². The van der Waals surface area contributed by atoms with Crippen LogP contribution < -0.4 is 5.73 Å². The van der Waals surface area contributed by atoms with Gasteiger partial charge in [-0.3, -0.25) is 0 Å². The van der Waals surface area contributed by atoms with E-state index in [4.69, 9.17) is 10.3 Å². The van der Waals surface area contributed by atoms with Gasteiger partial charge in [-0.25, -0.2) is 4.39 Å². The number of thioether (sulfide) groups is 1. The minimum atomic E-state index is -0.302. The van der Waals surface area contributed by atoms with Crippen LogP contribution in [0.15, 0.2) is 33.8 Å². The van der Waals surface area contributed by atoms with Gasteiger partial charge in [-0.2, -0.15) is 0 Å². The van der Waals surface area contributed by atoms with Crippen molar-refractivity contribution in [2.75, 3.05) is 12.0 Å². The molecule has 0 unspecified atom stereocenters. The van der Waals surface area contributed by atoms with Gasteiger partial charge in [0.2, 0.25) is 5.88 Å². The molecule has 0 bridgehead atoms. The Balaban J connectivity index is 2.60. The summed E-state index contributed by atoms with van der Waals surface area (Å²) < 4.78 is 17.9. The van der Waals surface area contributed by atoms with E-state index < -0.39 is 0 Å². The number of benzene rings is 1. The third kappa shape index (κ3) is 1.83. The van der Waals surface area contributed by atoms with Crippen molar-refractivity contribution in [3.63, 3.8) is 0 Å². The normalized spacial score (nSPS) is 10.5. The number of hydrogen-bond donors (Lipinski definition) is 1. The van der Waals surface area contributed by atoms with Crippen LogP contribution in [0.5, 0.6) is 0 Å². The molecule has 2 aromatic rings. The summed E-state index contributed by atoms with van der Waals surface area (Å²) in [5.41, 5.74) is 6.92. The van der Waals surface area contributed by atoms with Crippen LogP contribution in [0, 0.1) is 5.82 Å². The molecule has 78 valence electrons. The van der Waals surface area contributed by atoms with Gasteiger partial charge in [-0.1, -0.05) is 5.16 Å². The lowest BCUT2D eigenvalue weighted by Gasteiger charge is -2.04. The quantitative estimate of drug-likeness (QED) is 0.797. The number of rotatable bonds is 2. The highest BCUT2D eigenvalue weighted by molar-refractivity contribution is 7.98. The molecule has 0 radical (unpaired) electrons. The number of nitrogen functional groups attached to an aromatic ring is 1. The third-order valence-corrected chi connectivity index (χ3v) is 2.85. The van der Waals surface area contributed by atoms with Crippen LogP contribution in [0.25, 0.3) is 11.1 Å². The topological polar surface area (TPSA) is 52.0 Å². The van der Waals surface area contributed by atoms with E-state index in [9.17, 15) is 4.39 Å². The van der Waals surface area contributed by atoms with Crippen LogP contribution in [-0.4, -0.2) is 11.4 Å².